The lowest BCUT2D eigenvalue weighted by atomic mass is 10.1. The highest BCUT2D eigenvalue weighted by Crippen LogP contribution is 2.28. The summed E-state index contributed by atoms with van der Waals surface area (Å²) < 4.78 is 15.9. The summed E-state index contributed by atoms with van der Waals surface area (Å²) in [4.78, 5) is 18.3. The maximum atomic E-state index is 11.8. The van der Waals surface area contributed by atoms with E-state index in [2.05, 4.69) is 15.6 Å². The molecule has 9 nitrogen and oxygen atoms in total. The second-order valence-corrected chi connectivity index (χ2v) is 6.86. The molecule has 0 bridgehead atoms. The molecule has 2 rings (SSSR count). The van der Waals surface area contributed by atoms with Gasteiger partial charge in [-0.15, -0.1) is 0 Å². The largest absolute Gasteiger partial charge is 0.493 e. The van der Waals surface area contributed by atoms with Crippen LogP contribution in [0.4, 0.5) is 4.79 Å². The Morgan fingerprint density at radius 1 is 1.27 bits per heavy atom. The molecule has 1 saturated heterocycles. The fraction of sp³-hybridized carbons (Fsp3) is 0.619. The number of hydrogen-bond acceptors (Lipinski definition) is 6. The van der Waals surface area contributed by atoms with Gasteiger partial charge in [-0.05, 0) is 44.4 Å². The number of aliphatic imine (C=N–C) groups is 1. The molecule has 0 aromatic heterocycles. The molecule has 0 atom stereocenters. The third kappa shape index (κ3) is 7.29. The lowest BCUT2D eigenvalue weighted by molar-refractivity contribution is 0.0963. The zero-order chi connectivity index (χ0) is 21.8. The van der Waals surface area contributed by atoms with Crippen molar-refractivity contribution in [1.29, 1.82) is 0 Å². The van der Waals surface area contributed by atoms with E-state index in [0.29, 0.717) is 37.7 Å². The Morgan fingerprint density at radius 2 is 2.03 bits per heavy atom. The van der Waals surface area contributed by atoms with E-state index in [9.17, 15) is 4.79 Å². The molecule has 0 aliphatic carbocycles. The van der Waals surface area contributed by atoms with Crippen LogP contribution in [0.25, 0.3) is 0 Å². The van der Waals surface area contributed by atoms with Crippen molar-refractivity contribution in [3.63, 3.8) is 0 Å². The average Bonchev–Trinajstić information content (AvgIpc) is 2.77. The third-order valence-electron chi connectivity index (χ3n) is 4.70. The van der Waals surface area contributed by atoms with E-state index in [1.807, 2.05) is 32.0 Å². The van der Waals surface area contributed by atoms with E-state index >= 15 is 0 Å². The summed E-state index contributed by atoms with van der Waals surface area (Å²) in [6, 6.07) is 5.89. The van der Waals surface area contributed by atoms with Gasteiger partial charge in [0.1, 0.15) is 6.61 Å². The molecule has 30 heavy (non-hydrogen) atoms. The molecule has 0 unspecified atom stereocenters. The Labute approximate surface area is 178 Å². The topological polar surface area (TPSA) is 105 Å². The van der Waals surface area contributed by atoms with Gasteiger partial charge < -0.3 is 34.9 Å². The predicted octanol–water partition coefficient (Wildman–Crippen LogP) is 1.74. The number of likely N-dealkylation sites (tertiary alicyclic amines) is 1. The SMILES string of the molecule is CCNC(=NCc1ccc(OCCO)c(OC)c1)NC1CCN(C(=O)OCC)CC1. The fourth-order valence-corrected chi connectivity index (χ4v) is 3.19. The minimum absolute atomic E-state index is 0.0500. The first-order valence-electron chi connectivity index (χ1n) is 10.5. The average molecular weight is 423 g/mol. The molecule has 3 N–H and O–H groups in total. The first-order valence-corrected chi connectivity index (χ1v) is 10.5. The summed E-state index contributed by atoms with van der Waals surface area (Å²) in [7, 11) is 1.59. The summed E-state index contributed by atoms with van der Waals surface area (Å²) >= 11 is 0. The minimum atomic E-state index is -0.239. The van der Waals surface area contributed by atoms with Crippen molar-refractivity contribution in [3.8, 4) is 11.5 Å². The second-order valence-electron chi connectivity index (χ2n) is 6.86. The van der Waals surface area contributed by atoms with E-state index in [0.717, 1.165) is 30.9 Å². The van der Waals surface area contributed by atoms with Gasteiger partial charge >= 0.3 is 6.09 Å². The molecule has 1 heterocycles. The molecule has 0 radical (unpaired) electrons. The van der Waals surface area contributed by atoms with Crippen LogP contribution < -0.4 is 20.1 Å². The van der Waals surface area contributed by atoms with Crippen LogP contribution in [0.1, 0.15) is 32.3 Å². The first kappa shape index (κ1) is 23.6. The van der Waals surface area contributed by atoms with Crippen LogP contribution >= 0.6 is 0 Å². The van der Waals surface area contributed by atoms with Crippen LogP contribution in [0.3, 0.4) is 0 Å². The Bertz CT molecular complexity index is 690. The highest BCUT2D eigenvalue weighted by molar-refractivity contribution is 5.80. The van der Waals surface area contributed by atoms with Gasteiger partial charge in [0, 0.05) is 25.7 Å². The lowest BCUT2D eigenvalue weighted by Gasteiger charge is -2.32. The molecule has 1 aromatic carbocycles. The van der Waals surface area contributed by atoms with Crippen molar-refractivity contribution in [3.05, 3.63) is 23.8 Å². The summed E-state index contributed by atoms with van der Waals surface area (Å²) in [6.07, 6.45) is 1.44. The standard InChI is InChI=1S/C21H34N4O5/c1-4-22-20(24-17-8-10-25(11-9-17)21(27)29-5-2)23-15-16-6-7-18(30-13-12-26)19(14-16)28-3/h6-7,14,17,26H,4-5,8-13,15H2,1-3H3,(H2,22,23,24). The lowest BCUT2D eigenvalue weighted by Crippen LogP contribution is -2.49. The minimum Gasteiger partial charge on any atom is -0.493 e. The van der Waals surface area contributed by atoms with Crippen LogP contribution in [0.5, 0.6) is 11.5 Å². The van der Waals surface area contributed by atoms with Gasteiger partial charge in [0.25, 0.3) is 0 Å². The van der Waals surface area contributed by atoms with Gasteiger partial charge in [0.05, 0.1) is 26.9 Å². The number of guanidine groups is 1. The number of hydrogen-bond donors (Lipinski definition) is 3. The Hall–Kier alpha value is -2.68. The van der Waals surface area contributed by atoms with Gasteiger partial charge in [0.2, 0.25) is 0 Å². The Morgan fingerprint density at radius 3 is 2.67 bits per heavy atom. The zero-order valence-corrected chi connectivity index (χ0v) is 18.1. The summed E-state index contributed by atoms with van der Waals surface area (Å²) in [5.74, 6) is 1.95. The van der Waals surface area contributed by atoms with Crippen LogP contribution in [0, 0.1) is 0 Å². The highest BCUT2D eigenvalue weighted by atomic mass is 16.6. The summed E-state index contributed by atoms with van der Waals surface area (Å²) in [5.41, 5.74) is 0.984. The fourth-order valence-electron chi connectivity index (χ4n) is 3.19. The number of rotatable bonds is 9. The summed E-state index contributed by atoms with van der Waals surface area (Å²) in [5, 5.41) is 15.7. The van der Waals surface area contributed by atoms with Gasteiger partial charge in [-0.1, -0.05) is 6.07 Å². The molecule has 1 fully saturated rings. The van der Waals surface area contributed by atoms with E-state index in [1.165, 1.54) is 0 Å². The smallest absolute Gasteiger partial charge is 0.409 e. The third-order valence-corrected chi connectivity index (χ3v) is 4.70. The zero-order valence-electron chi connectivity index (χ0n) is 18.1. The molecule has 1 aliphatic heterocycles. The molecule has 1 aromatic rings. The van der Waals surface area contributed by atoms with E-state index in [-0.39, 0.29) is 25.3 Å². The van der Waals surface area contributed by atoms with Crippen molar-refractivity contribution >= 4 is 12.1 Å². The van der Waals surface area contributed by atoms with E-state index < -0.39 is 0 Å². The number of aliphatic hydroxyl groups excluding tert-OH is 1. The quantitative estimate of drug-likeness (QED) is 0.411. The molecule has 1 amide bonds. The van der Waals surface area contributed by atoms with Crippen molar-refractivity contribution in [1.82, 2.24) is 15.5 Å². The molecule has 1 aliphatic rings. The van der Waals surface area contributed by atoms with E-state index in [4.69, 9.17) is 19.3 Å². The van der Waals surface area contributed by atoms with Crippen LogP contribution in [0.15, 0.2) is 23.2 Å². The molecule has 0 saturated carbocycles. The summed E-state index contributed by atoms with van der Waals surface area (Å²) in [6.45, 7) is 6.98. The Kier molecular flexibility index (Phi) is 10.1. The molecule has 168 valence electrons. The Balaban J connectivity index is 1.94. The van der Waals surface area contributed by atoms with E-state index in [1.54, 1.807) is 12.0 Å². The number of carbonyl (C=O) groups excluding carboxylic acids is 1. The number of piperidine rings is 1. The molecule has 0 spiro atoms. The highest BCUT2D eigenvalue weighted by Gasteiger charge is 2.24. The maximum Gasteiger partial charge on any atom is 0.409 e. The number of aliphatic hydroxyl groups is 1. The van der Waals surface area contributed by atoms with Crippen molar-refractivity contribution in [2.75, 3.05) is 46.6 Å². The number of benzene rings is 1. The van der Waals surface area contributed by atoms with Crippen molar-refractivity contribution in [2.45, 2.75) is 39.3 Å². The number of ether oxygens (including phenoxy) is 3. The number of nitrogens with zero attached hydrogens (tertiary/aromatic N) is 2. The maximum absolute atomic E-state index is 11.8. The van der Waals surface area contributed by atoms with Crippen LogP contribution in [0.2, 0.25) is 0 Å². The van der Waals surface area contributed by atoms with Gasteiger partial charge in [-0.25, -0.2) is 9.79 Å². The van der Waals surface area contributed by atoms with Gasteiger partial charge in [0.15, 0.2) is 17.5 Å². The normalized spacial score (nSPS) is 14.9. The first-order chi connectivity index (χ1) is 14.6. The number of methoxy groups -OCH3 is 1. The van der Waals surface area contributed by atoms with Crippen molar-refractivity contribution in [2.24, 2.45) is 4.99 Å². The number of nitrogens with one attached hydrogen (secondary N) is 2. The van der Waals surface area contributed by atoms with Crippen LogP contribution in [-0.4, -0.2) is 74.7 Å². The van der Waals surface area contributed by atoms with Crippen molar-refractivity contribution < 1.29 is 24.1 Å². The second kappa shape index (κ2) is 12.8. The molecular weight excluding hydrogens is 388 g/mol. The number of carbonyl (C=O) groups is 1. The van der Waals surface area contributed by atoms with Gasteiger partial charge in [-0.3, -0.25) is 0 Å². The molecular formula is C21H34N4O5. The number of amides is 1. The molecule has 9 heteroatoms. The van der Waals surface area contributed by atoms with Crippen LogP contribution in [-0.2, 0) is 11.3 Å². The predicted molar refractivity (Wildman–Crippen MR) is 115 cm³/mol. The monoisotopic (exact) mass is 422 g/mol. The van der Waals surface area contributed by atoms with Gasteiger partial charge in [-0.2, -0.15) is 0 Å².